The van der Waals surface area contributed by atoms with Gasteiger partial charge in [-0.3, -0.25) is 4.79 Å². The van der Waals surface area contributed by atoms with Crippen LogP contribution < -0.4 is 0 Å². The monoisotopic (exact) mass is 1170 g/mol. The molecule has 83 heavy (non-hydrogen) atoms. The lowest BCUT2D eigenvalue weighted by molar-refractivity contribution is -0.146. The van der Waals surface area contributed by atoms with Gasteiger partial charge in [0.15, 0.2) is 0 Å². The molecular weight excluding hydrogens is 1010 g/mol. The topological polar surface area (TPSA) is 66.8 Å². The van der Waals surface area contributed by atoms with Crippen LogP contribution in [0, 0.1) is 11.8 Å². The highest BCUT2D eigenvalue weighted by atomic mass is 16.5. The zero-order valence-corrected chi connectivity index (χ0v) is 58.0. The largest absolute Gasteiger partial charge is 0.481 e. The number of ether oxygens (including phenoxy) is 1. The van der Waals surface area contributed by atoms with Gasteiger partial charge in [0.05, 0.1) is 18.1 Å². The molecule has 4 heteroatoms. The van der Waals surface area contributed by atoms with Crippen molar-refractivity contribution in [1.29, 1.82) is 0 Å². The molecule has 4 unspecified atom stereocenters. The van der Waals surface area contributed by atoms with Crippen LogP contribution >= 0.6 is 0 Å². The number of aliphatic hydroxyl groups excluding tert-OH is 1. The van der Waals surface area contributed by atoms with Gasteiger partial charge in [-0.05, 0) is 31.6 Å². The van der Waals surface area contributed by atoms with E-state index in [1.807, 2.05) is 7.11 Å². The van der Waals surface area contributed by atoms with Crippen molar-refractivity contribution in [2.75, 3.05) is 7.11 Å². The summed E-state index contributed by atoms with van der Waals surface area (Å²) in [5.74, 6) is -0.677. The van der Waals surface area contributed by atoms with E-state index in [4.69, 9.17) is 4.74 Å². The molecule has 0 aromatic carbocycles. The number of aliphatic hydroxyl groups is 1. The summed E-state index contributed by atoms with van der Waals surface area (Å²) in [6.07, 6.45) is 95.7. The van der Waals surface area contributed by atoms with Gasteiger partial charge in [0.25, 0.3) is 0 Å². The lowest BCUT2D eigenvalue weighted by Gasteiger charge is -2.22. The Bertz CT molecular complexity index is 1170. The number of rotatable bonds is 75. The lowest BCUT2D eigenvalue weighted by atomic mass is 9.91. The number of hydrogen-bond acceptors (Lipinski definition) is 3. The molecule has 0 heterocycles. The highest BCUT2D eigenvalue weighted by Crippen LogP contribution is 2.25. The molecule has 0 saturated heterocycles. The van der Waals surface area contributed by atoms with E-state index in [1.54, 1.807) is 0 Å². The van der Waals surface area contributed by atoms with Gasteiger partial charge in [0.2, 0.25) is 0 Å². The Morgan fingerprint density at radius 1 is 0.265 bits per heavy atom. The van der Waals surface area contributed by atoms with Crippen molar-refractivity contribution in [3.63, 3.8) is 0 Å². The van der Waals surface area contributed by atoms with E-state index in [-0.39, 0.29) is 0 Å². The second-order valence-electron chi connectivity index (χ2n) is 28.0. The van der Waals surface area contributed by atoms with E-state index in [0.29, 0.717) is 24.9 Å². The SMILES string of the molecule is CCCCCCCCCCCCCCCCCCCCCCCCC(C(=O)O)C(O)CCCCCCCCCCCCCCCCCCCCCCCCCCCCC(OC)C(C)CCCCCCCCCCCCCCCCCCCC. The van der Waals surface area contributed by atoms with Gasteiger partial charge in [-0.15, -0.1) is 0 Å². The lowest BCUT2D eigenvalue weighted by Crippen LogP contribution is -2.28. The summed E-state index contributed by atoms with van der Waals surface area (Å²) in [5.41, 5.74) is 0. The number of aliphatic carboxylic acids is 1. The molecule has 0 amide bonds. The Balaban J connectivity index is 3.42. The first-order valence-corrected chi connectivity index (χ1v) is 39.4. The third kappa shape index (κ3) is 65.7. The summed E-state index contributed by atoms with van der Waals surface area (Å²) in [6.45, 7) is 7.05. The Morgan fingerprint density at radius 3 is 0.627 bits per heavy atom. The second-order valence-corrected chi connectivity index (χ2v) is 28.0. The maximum Gasteiger partial charge on any atom is 0.309 e. The normalized spacial score (nSPS) is 13.3. The molecule has 0 aliphatic rings. The Labute approximate surface area is 524 Å². The molecule has 0 rings (SSSR count). The minimum atomic E-state index is -0.800. The van der Waals surface area contributed by atoms with Crippen molar-refractivity contribution in [3.05, 3.63) is 0 Å². The molecule has 4 atom stereocenters. The average molecular weight is 1170 g/mol. The third-order valence-electron chi connectivity index (χ3n) is 19.8. The minimum Gasteiger partial charge on any atom is -0.481 e. The van der Waals surface area contributed by atoms with Gasteiger partial charge in [0, 0.05) is 7.11 Å². The van der Waals surface area contributed by atoms with Crippen LogP contribution in [0.4, 0.5) is 0 Å². The van der Waals surface area contributed by atoms with Crippen LogP contribution in [0.25, 0.3) is 0 Å². The van der Waals surface area contributed by atoms with Crippen molar-refractivity contribution in [1.82, 2.24) is 0 Å². The molecule has 0 saturated carbocycles. The summed E-state index contributed by atoms with van der Waals surface area (Å²) in [7, 11) is 1.95. The van der Waals surface area contributed by atoms with Gasteiger partial charge in [-0.1, -0.05) is 445 Å². The molecular formula is C79H158O4. The molecule has 498 valence electrons. The fraction of sp³-hybridized carbons (Fsp3) is 0.987. The molecule has 0 radical (unpaired) electrons. The number of carboxylic acids is 1. The van der Waals surface area contributed by atoms with E-state index in [1.165, 1.54) is 411 Å². The fourth-order valence-electron chi connectivity index (χ4n) is 13.8. The first-order valence-electron chi connectivity index (χ1n) is 39.4. The number of hydrogen-bond donors (Lipinski definition) is 2. The van der Waals surface area contributed by atoms with E-state index in [2.05, 4.69) is 20.8 Å². The van der Waals surface area contributed by atoms with E-state index < -0.39 is 18.0 Å². The van der Waals surface area contributed by atoms with Crippen molar-refractivity contribution in [2.24, 2.45) is 11.8 Å². The summed E-state index contributed by atoms with van der Waals surface area (Å²) < 4.78 is 5.98. The maximum atomic E-state index is 12.0. The van der Waals surface area contributed by atoms with Gasteiger partial charge in [0.1, 0.15) is 0 Å². The molecule has 0 bridgehead atoms. The maximum absolute atomic E-state index is 12.0. The summed E-state index contributed by atoms with van der Waals surface area (Å²) in [6, 6.07) is 0. The van der Waals surface area contributed by atoms with Crippen LogP contribution in [0.2, 0.25) is 0 Å². The van der Waals surface area contributed by atoms with Crippen molar-refractivity contribution in [3.8, 4) is 0 Å². The zero-order chi connectivity index (χ0) is 60.1. The summed E-state index contributed by atoms with van der Waals surface area (Å²) in [5, 5.41) is 20.5. The van der Waals surface area contributed by atoms with Crippen molar-refractivity contribution in [2.45, 2.75) is 482 Å². The van der Waals surface area contributed by atoms with Crippen LogP contribution in [0.15, 0.2) is 0 Å². The van der Waals surface area contributed by atoms with Gasteiger partial charge in [-0.25, -0.2) is 0 Å². The number of unbranched alkanes of at least 4 members (excludes halogenated alkanes) is 63. The molecule has 0 fully saturated rings. The standard InChI is InChI=1S/C79H158O4/c1-5-7-9-11-13-15-17-19-21-23-25-26-33-36-40-44-48-52-56-60-64-68-72-76(79(81)82)77(80)73-69-65-61-57-53-49-45-41-37-34-31-29-27-28-30-32-35-38-42-46-50-54-58-62-66-70-74-78(83-4)75(3)71-67-63-59-55-51-47-43-39-24-22-20-18-16-14-12-10-8-6-2/h75-78,80H,5-74H2,1-4H3,(H,81,82). The molecule has 0 aliphatic heterocycles. The Morgan fingerprint density at radius 2 is 0.434 bits per heavy atom. The molecule has 4 nitrogen and oxygen atoms in total. The highest BCUT2D eigenvalue weighted by molar-refractivity contribution is 5.70. The quantitative estimate of drug-likeness (QED) is 0.0596. The van der Waals surface area contributed by atoms with Crippen LogP contribution in [0.5, 0.6) is 0 Å². The number of carboxylic acid groups (broad SMARTS) is 1. The number of carbonyl (C=O) groups is 1. The van der Waals surface area contributed by atoms with Crippen LogP contribution in [-0.4, -0.2) is 35.5 Å². The van der Waals surface area contributed by atoms with Crippen LogP contribution in [0.1, 0.15) is 470 Å². The van der Waals surface area contributed by atoms with Gasteiger partial charge < -0.3 is 14.9 Å². The fourth-order valence-corrected chi connectivity index (χ4v) is 13.8. The Hall–Kier alpha value is -0.610. The average Bonchev–Trinajstić information content (AvgIpc) is 3.50. The molecule has 0 aliphatic carbocycles. The zero-order valence-electron chi connectivity index (χ0n) is 58.0. The molecule has 0 aromatic heterocycles. The number of methoxy groups -OCH3 is 1. The third-order valence-corrected chi connectivity index (χ3v) is 19.8. The summed E-state index contributed by atoms with van der Waals surface area (Å²) in [4.78, 5) is 12.0. The van der Waals surface area contributed by atoms with Crippen LogP contribution in [-0.2, 0) is 9.53 Å². The van der Waals surface area contributed by atoms with Gasteiger partial charge in [-0.2, -0.15) is 0 Å². The van der Waals surface area contributed by atoms with E-state index in [9.17, 15) is 15.0 Å². The smallest absolute Gasteiger partial charge is 0.309 e. The summed E-state index contributed by atoms with van der Waals surface area (Å²) >= 11 is 0. The first kappa shape index (κ1) is 82.4. The molecule has 0 spiro atoms. The van der Waals surface area contributed by atoms with E-state index >= 15 is 0 Å². The predicted octanol–water partition coefficient (Wildman–Crippen LogP) is 28.0. The Kier molecular flexibility index (Phi) is 71.6. The van der Waals surface area contributed by atoms with Crippen molar-refractivity contribution >= 4 is 5.97 Å². The first-order chi connectivity index (χ1) is 41.0. The second kappa shape index (κ2) is 72.1. The molecule has 0 aromatic rings. The van der Waals surface area contributed by atoms with Crippen LogP contribution in [0.3, 0.4) is 0 Å². The minimum absolute atomic E-state index is 0.465. The molecule has 2 N–H and O–H groups in total. The van der Waals surface area contributed by atoms with Gasteiger partial charge >= 0.3 is 5.97 Å². The van der Waals surface area contributed by atoms with E-state index in [0.717, 1.165) is 25.7 Å². The highest BCUT2D eigenvalue weighted by Gasteiger charge is 2.25. The van der Waals surface area contributed by atoms with Crippen molar-refractivity contribution < 1.29 is 19.7 Å². The predicted molar refractivity (Wildman–Crippen MR) is 372 cm³/mol.